The van der Waals surface area contributed by atoms with E-state index in [-0.39, 0.29) is 17.7 Å². The second-order valence-electron chi connectivity index (χ2n) is 3.69. The summed E-state index contributed by atoms with van der Waals surface area (Å²) in [7, 11) is 0. The van der Waals surface area contributed by atoms with Gasteiger partial charge in [0, 0.05) is 10.5 Å². The average Bonchev–Trinajstić information content (AvgIpc) is 2.34. The first-order valence-corrected chi connectivity index (χ1v) is 5.99. The molecular formula is C12H10N2O2S. The molecule has 17 heavy (non-hydrogen) atoms. The van der Waals surface area contributed by atoms with Gasteiger partial charge in [0.15, 0.2) is 0 Å². The number of nitriles is 1. The molecule has 1 aromatic carbocycles. The van der Waals surface area contributed by atoms with Crippen LogP contribution in [0.25, 0.3) is 0 Å². The van der Waals surface area contributed by atoms with Crippen molar-refractivity contribution in [3.05, 3.63) is 23.8 Å². The molecule has 1 aromatic rings. The van der Waals surface area contributed by atoms with E-state index in [1.807, 2.05) is 6.07 Å². The summed E-state index contributed by atoms with van der Waals surface area (Å²) in [5, 5.41) is 8.52. The van der Waals surface area contributed by atoms with Crippen LogP contribution in [0.2, 0.25) is 0 Å². The summed E-state index contributed by atoms with van der Waals surface area (Å²) >= 11 is 1.42. The molecular weight excluding hydrogens is 236 g/mol. The first kappa shape index (κ1) is 11.7. The highest BCUT2D eigenvalue weighted by atomic mass is 32.2. The summed E-state index contributed by atoms with van der Waals surface area (Å²) in [4.78, 5) is 25.0. The van der Waals surface area contributed by atoms with Crippen LogP contribution in [0.1, 0.15) is 17.3 Å². The van der Waals surface area contributed by atoms with Crippen molar-refractivity contribution in [3.63, 3.8) is 0 Å². The Hall–Kier alpha value is -1.80. The lowest BCUT2D eigenvalue weighted by atomic mass is 10.2. The molecule has 5 heteroatoms. The van der Waals surface area contributed by atoms with Gasteiger partial charge >= 0.3 is 0 Å². The van der Waals surface area contributed by atoms with Gasteiger partial charge in [-0.3, -0.25) is 14.5 Å². The third-order valence-electron chi connectivity index (χ3n) is 2.56. The van der Waals surface area contributed by atoms with Crippen LogP contribution in [0.5, 0.6) is 0 Å². The van der Waals surface area contributed by atoms with Crippen molar-refractivity contribution in [1.29, 1.82) is 5.26 Å². The quantitative estimate of drug-likeness (QED) is 0.590. The smallest absolute Gasteiger partial charge is 0.241 e. The van der Waals surface area contributed by atoms with Gasteiger partial charge in [0.25, 0.3) is 0 Å². The lowest BCUT2D eigenvalue weighted by molar-refractivity contribution is -0.117. The number of benzene rings is 1. The summed E-state index contributed by atoms with van der Waals surface area (Å²) < 4.78 is 0. The number of hydrogen-bond acceptors (Lipinski definition) is 4. The molecule has 0 aliphatic carbocycles. The van der Waals surface area contributed by atoms with E-state index in [0.29, 0.717) is 11.3 Å². The number of anilines is 1. The maximum atomic E-state index is 11.9. The minimum atomic E-state index is -0.224. The van der Waals surface area contributed by atoms with Gasteiger partial charge in [-0.25, -0.2) is 0 Å². The van der Waals surface area contributed by atoms with Crippen LogP contribution in [0.4, 0.5) is 5.69 Å². The molecule has 4 nitrogen and oxygen atoms in total. The Morgan fingerprint density at radius 2 is 2.35 bits per heavy atom. The summed E-state index contributed by atoms with van der Waals surface area (Å²) in [5.74, 6) is -0.0668. The number of carbonyl (C=O) groups is 2. The van der Waals surface area contributed by atoms with Crippen LogP contribution in [0.15, 0.2) is 23.1 Å². The average molecular weight is 246 g/mol. The first-order chi connectivity index (χ1) is 8.17. The van der Waals surface area contributed by atoms with Crippen molar-refractivity contribution in [2.45, 2.75) is 17.1 Å². The van der Waals surface area contributed by atoms with Crippen molar-refractivity contribution in [2.24, 2.45) is 0 Å². The summed E-state index contributed by atoms with van der Waals surface area (Å²) in [6, 6.07) is 7.10. The number of amides is 1. The second-order valence-corrected chi connectivity index (χ2v) is 5.07. The fourth-order valence-electron chi connectivity index (χ4n) is 1.73. The van der Waals surface area contributed by atoms with E-state index >= 15 is 0 Å². The third kappa shape index (κ3) is 2.04. The van der Waals surface area contributed by atoms with Crippen molar-refractivity contribution in [3.8, 4) is 6.07 Å². The van der Waals surface area contributed by atoms with Crippen LogP contribution < -0.4 is 4.90 Å². The number of fused-ring (bicyclic) bond motifs is 1. The molecule has 0 aromatic heterocycles. The fourth-order valence-corrected chi connectivity index (χ4v) is 2.85. The van der Waals surface area contributed by atoms with Crippen molar-refractivity contribution in [2.75, 3.05) is 11.4 Å². The van der Waals surface area contributed by atoms with Crippen molar-refractivity contribution < 1.29 is 9.59 Å². The number of thioether (sulfide) groups is 1. The van der Waals surface area contributed by atoms with E-state index in [0.717, 1.165) is 11.2 Å². The van der Waals surface area contributed by atoms with Gasteiger partial charge in [-0.05, 0) is 25.1 Å². The zero-order valence-corrected chi connectivity index (χ0v) is 10.0. The van der Waals surface area contributed by atoms with Gasteiger partial charge in [0.2, 0.25) is 5.91 Å². The van der Waals surface area contributed by atoms with Crippen LogP contribution >= 0.6 is 11.8 Å². The topological polar surface area (TPSA) is 61.2 Å². The maximum absolute atomic E-state index is 11.9. The van der Waals surface area contributed by atoms with E-state index in [9.17, 15) is 9.59 Å². The zero-order chi connectivity index (χ0) is 12.4. The lowest BCUT2D eigenvalue weighted by Gasteiger charge is -2.30. The van der Waals surface area contributed by atoms with E-state index in [2.05, 4.69) is 0 Å². The number of rotatable bonds is 2. The van der Waals surface area contributed by atoms with Crippen LogP contribution in [0.3, 0.4) is 0 Å². The molecule has 0 saturated carbocycles. The standard InChI is InChI=1S/C12H10N2O2S/c1-8-12(16)14(5-4-13)10-3-2-9(7-15)6-11(10)17-8/h2-3,6-8H,5H2,1H3. The van der Waals surface area contributed by atoms with E-state index < -0.39 is 0 Å². The van der Waals surface area contributed by atoms with E-state index in [4.69, 9.17) is 5.26 Å². The highest BCUT2D eigenvalue weighted by molar-refractivity contribution is 8.01. The van der Waals surface area contributed by atoms with Gasteiger partial charge < -0.3 is 0 Å². The molecule has 0 spiro atoms. The van der Waals surface area contributed by atoms with E-state index in [1.165, 1.54) is 16.7 Å². The number of aldehydes is 1. The molecule has 0 fully saturated rings. The summed E-state index contributed by atoms with van der Waals surface area (Å²) in [6.45, 7) is 1.84. The minimum absolute atomic E-state index is 0.0389. The molecule has 0 bridgehead atoms. The Kier molecular flexibility index (Phi) is 3.16. The van der Waals surface area contributed by atoms with Gasteiger partial charge in [0.05, 0.1) is 17.0 Å². The SMILES string of the molecule is CC1Sc2cc(C=O)ccc2N(CC#N)C1=O. The molecule has 1 amide bonds. The molecule has 0 radical (unpaired) electrons. The van der Waals surface area contributed by atoms with E-state index in [1.54, 1.807) is 25.1 Å². The zero-order valence-electron chi connectivity index (χ0n) is 9.21. The Morgan fingerprint density at radius 1 is 1.59 bits per heavy atom. The highest BCUT2D eigenvalue weighted by Crippen LogP contribution is 2.39. The van der Waals surface area contributed by atoms with Crippen molar-refractivity contribution >= 4 is 29.6 Å². The molecule has 1 atom stereocenters. The normalized spacial score (nSPS) is 18.5. The largest absolute Gasteiger partial charge is 0.298 e. The lowest BCUT2D eigenvalue weighted by Crippen LogP contribution is -2.40. The maximum Gasteiger partial charge on any atom is 0.241 e. The molecule has 86 valence electrons. The van der Waals surface area contributed by atoms with Gasteiger partial charge in [-0.1, -0.05) is 0 Å². The predicted octanol–water partition coefficient (Wildman–Crippen LogP) is 1.85. The minimum Gasteiger partial charge on any atom is -0.298 e. The Labute approximate surface area is 103 Å². The van der Waals surface area contributed by atoms with Crippen LogP contribution in [-0.4, -0.2) is 24.0 Å². The van der Waals surface area contributed by atoms with Gasteiger partial charge in [-0.2, -0.15) is 5.26 Å². The Balaban J connectivity index is 2.49. The highest BCUT2D eigenvalue weighted by Gasteiger charge is 2.30. The Bertz CT molecular complexity index is 522. The number of hydrogen-bond donors (Lipinski definition) is 0. The third-order valence-corrected chi connectivity index (χ3v) is 3.69. The van der Waals surface area contributed by atoms with Gasteiger partial charge in [-0.15, -0.1) is 11.8 Å². The molecule has 1 aliphatic heterocycles. The summed E-state index contributed by atoms with van der Waals surface area (Å²) in [6.07, 6.45) is 0.774. The summed E-state index contributed by atoms with van der Waals surface area (Å²) in [5.41, 5.74) is 1.29. The predicted molar refractivity (Wildman–Crippen MR) is 65.1 cm³/mol. The van der Waals surface area contributed by atoms with Gasteiger partial charge in [0.1, 0.15) is 12.8 Å². The Morgan fingerprint density at radius 3 is 3.00 bits per heavy atom. The fraction of sp³-hybridized carbons (Fsp3) is 0.250. The molecule has 2 rings (SSSR count). The second kappa shape index (κ2) is 4.60. The molecule has 0 N–H and O–H groups in total. The van der Waals surface area contributed by atoms with Crippen molar-refractivity contribution in [1.82, 2.24) is 0 Å². The number of nitrogens with zero attached hydrogens (tertiary/aromatic N) is 2. The molecule has 0 saturated heterocycles. The monoisotopic (exact) mass is 246 g/mol. The first-order valence-electron chi connectivity index (χ1n) is 5.11. The molecule has 1 unspecified atom stereocenters. The molecule has 1 heterocycles. The molecule has 1 aliphatic rings. The number of carbonyl (C=O) groups excluding carboxylic acids is 2. The van der Waals surface area contributed by atoms with Crippen LogP contribution in [0, 0.1) is 11.3 Å². The van der Waals surface area contributed by atoms with Crippen LogP contribution in [-0.2, 0) is 4.79 Å².